The van der Waals surface area contributed by atoms with Gasteiger partial charge in [-0.3, -0.25) is 5.01 Å². The second-order valence-electron chi connectivity index (χ2n) is 6.64. The van der Waals surface area contributed by atoms with Crippen LogP contribution in [0.4, 0.5) is 5.69 Å². The number of carbonyl (C=O) groups excluding carboxylic acids is 1. The molecule has 4 rings (SSSR count). The number of anilines is 1. The first-order valence-electron chi connectivity index (χ1n) is 12.9. The van der Waals surface area contributed by atoms with Crippen LogP contribution in [-0.2, 0) is 56.1 Å². The Morgan fingerprint density at radius 3 is 1.75 bits per heavy atom. The molecule has 1 N–H and O–H groups in total. The maximum atomic E-state index is 12.7. The molecule has 4 nitrogen and oxygen atoms in total. The van der Waals surface area contributed by atoms with Crippen molar-refractivity contribution in [2.75, 3.05) is 5.01 Å². The van der Waals surface area contributed by atoms with E-state index in [9.17, 15) is 4.79 Å². The molecule has 1 saturated carbocycles. The van der Waals surface area contributed by atoms with Gasteiger partial charge in [-0.1, -0.05) is 117 Å². The van der Waals surface area contributed by atoms with Crippen molar-refractivity contribution in [2.45, 2.75) is 93.2 Å². The van der Waals surface area contributed by atoms with Crippen LogP contribution in [0, 0.1) is 13.8 Å². The molecular formula is C30H49N3OVY-2. The molecule has 2 aromatic rings. The summed E-state index contributed by atoms with van der Waals surface area (Å²) in [6.45, 7) is 16.0. The topological polar surface area (TPSA) is 44.7 Å². The van der Waals surface area contributed by atoms with Crippen LogP contribution in [0.25, 0.3) is 0 Å². The molecule has 1 unspecified atom stereocenters. The van der Waals surface area contributed by atoms with Crippen LogP contribution in [0.3, 0.4) is 0 Å². The molecular weight excluding hydrogens is 558 g/mol. The smallest absolute Gasteiger partial charge is 0.112 e. The van der Waals surface area contributed by atoms with Crippen LogP contribution in [0.1, 0.15) is 92.7 Å². The quantitative estimate of drug-likeness (QED) is 0.355. The molecule has 1 heterocycles. The van der Waals surface area contributed by atoms with Crippen LogP contribution < -0.4 is 10.3 Å². The van der Waals surface area contributed by atoms with E-state index in [0.29, 0.717) is 11.8 Å². The largest absolute Gasteiger partial charge is 0.426 e. The Hall–Kier alpha value is -1.06. The number of amides is 1. The molecule has 2 radical (unpaired) electrons. The summed E-state index contributed by atoms with van der Waals surface area (Å²) in [4.78, 5) is 12.7. The third-order valence-electron chi connectivity index (χ3n) is 4.88. The number of hydrogen-bond acceptors (Lipinski definition) is 3. The van der Waals surface area contributed by atoms with Crippen molar-refractivity contribution in [3.05, 3.63) is 80.1 Å². The van der Waals surface area contributed by atoms with Crippen molar-refractivity contribution in [1.29, 1.82) is 0 Å². The van der Waals surface area contributed by atoms with Crippen LogP contribution in [0.2, 0.25) is 0 Å². The first-order valence-corrected chi connectivity index (χ1v) is 12.9. The standard InChI is InChI=1S/C21H22N3O.4C2H6.CH3.V.Y/c25-21(22-17-11-7-8-12-17)19-15-20(16-9-3-1-4-10-16)24(23-19)18-13-5-2-6-14-18;4*1-2;;;/h1-6,9-10,13-15,17,20H,7-8,11-12H2,(H,22,25);4*1-2H3;1H3;;/q-1;;;;;-1;;. The third kappa shape index (κ3) is 13.5. The molecule has 0 bridgehead atoms. The van der Waals surface area contributed by atoms with E-state index >= 15 is 0 Å². The first kappa shape index (κ1) is 42.0. The number of hydrazone groups is 1. The van der Waals surface area contributed by atoms with E-state index < -0.39 is 0 Å². The second kappa shape index (κ2) is 27.0. The number of nitrogens with one attached hydrogen (secondary N) is 1. The number of carbonyl (C=O) groups is 1. The number of nitrogens with zero attached hydrogens (tertiary/aromatic N) is 2. The van der Waals surface area contributed by atoms with Crippen LogP contribution >= 0.6 is 0 Å². The molecule has 0 saturated heterocycles. The zero-order chi connectivity index (χ0) is 25.1. The van der Waals surface area contributed by atoms with E-state index in [4.69, 9.17) is 0 Å². The second-order valence-corrected chi connectivity index (χ2v) is 6.64. The normalized spacial score (nSPS) is 14.7. The molecule has 0 spiro atoms. The van der Waals surface area contributed by atoms with Crippen LogP contribution in [0.15, 0.2) is 65.8 Å². The molecule has 6 heteroatoms. The predicted octanol–water partition coefficient (Wildman–Crippen LogP) is 8.42. The summed E-state index contributed by atoms with van der Waals surface area (Å²) in [5.74, 6) is -0.0636. The van der Waals surface area contributed by atoms with Crippen molar-refractivity contribution < 1.29 is 56.1 Å². The minimum atomic E-state index is -0.0636. The van der Waals surface area contributed by atoms with Gasteiger partial charge in [0.15, 0.2) is 0 Å². The molecule has 1 atom stereocenters. The Morgan fingerprint density at radius 2 is 1.28 bits per heavy atom. The van der Waals surface area contributed by atoms with Crippen LogP contribution in [-0.4, -0.2) is 17.7 Å². The van der Waals surface area contributed by atoms with Gasteiger partial charge in [-0.15, -0.1) is 0 Å². The molecule has 2 aliphatic rings. The van der Waals surface area contributed by atoms with Crippen LogP contribution in [0.5, 0.6) is 0 Å². The van der Waals surface area contributed by atoms with Crippen molar-refractivity contribution in [3.8, 4) is 0 Å². The molecule has 0 aromatic heterocycles. The molecule has 1 amide bonds. The summed E-state index contributed by atoms with van der Waals surface area (Å²) in [6.07, 6.45) is 6.51. The van der Waals surface area contributed by atoms with Gasteiger partial charge in [-0.25, -0.2) is 5.10 Å². The fourth-order valence-electron chi connectivity index (χ4n) is 3.57. The van der Waals surface area contributed by atoms with E-state index in [-0.39, 0.29) is 70.6 Å². The fourth-order valence-corrected chi connectivity index (χ4v) is 3.57. The maximum Gasteiger partial charge on any atom is 0.112 e. The Balaban J connectivity index is -0.000000426. The monoisotopic (exact) mass is 607 g/mol. The number of hydrogen-bond donors (Lipinski definition) is 1. The van der Waals surface area contributed by atoms with E-state index in [1.165, 1.54) is 12.8 Å². The molecule has 1 aliphatic heterocycles. The number of benzene rings is 2. The zero-order valence-corrected chi connectivity index (χ0v) is 28.4. The van der Waals surface area contributed by atoms with Gasteiger partial charge in [-0.2, -0.15) is 6.42 Å². The fraction of sp³-hybridized carbons (Fsp3) is 0.467. The van der Waals surface area contributed by atoms with Crippen molar-refractivity contribution in [1.82, 2.24) is 5.32 Å². The Labute approximate surface area is 260 Å². The summed E-state index contributed by atoms with van der Waals surface area (Å²) < 4.78 is 0. The van der Waals surface area contributed by atoms with Gasteiger partial charge in [0.05, 0.1) is 5.69 Å². The van der Waals surface area contributed by atoms with E-state index in [2.05, 4.69) is 22.6 Å². The van der Waals surface area contributed by atoms with Gasteiger partial charge >= 0.3 is 0 Å². The van der Waals surface area contributed by atoms with E-state index in [0.717, 1.165) is 24.1 Å². The molecule has 1 fully saturated rings. The van der Waals surface area contributed by atoms with Gasteiger partial charge < -0.3 is 17.5 Å². The summed E-state index contributed by atoms with van der Waals surface area (Å²) >= 11 is 0. The van der Waals surface area contributed by atoms with Gasteiger partial charge in [0.1, 0.15) is 5.91 Å². The van der Waals surface area contributed by atoms with Gasteiger partial charge in [0.25, 0.3) is 0 Å². The summed E-state index contributed by atoms with van der Waals surface area (Å²) in [5, 5.41) is 9.71. The van der Waals surface area contributed by atoms with Gasteiger partial charge in [0, 0.05) is 63.3 Å². The first-order chi connectivity index (χ1) is 16.3. The summed E-state index contributed by atoms with van der Waals surface area (Å²) in [7, 11) is 0. The molecule has 2 aromatic carbocycles. The molecule has 1 aliphatic carbocycles. The van der Waals surface area contributed by atoms with Crippen molar-refractivity contribution in [3.63, 3.8) is 0 Å². The zero-order valence-electron chi connectivity index (χ0n) is 24.2. The Morgan fingerprint density at radius 1 is 0.833 bits per heavy atom. The Kier molecular flexibility index (Phi) is 31.5. The van der Waals surface area contributed by atoms with E-state index in [1.807, 2.05) is 115 Å². The summed E-state index contributed by atoms with van der Waals surface area (Å²) in [6, 6.07) is 20.4. The minimum Gasteiger partial charge on any atom is -0.426 e. The summed E-state index contributed by atoms with van der Waals surface area (Å²) in [5.41, 5.74) is 2.61. The maximum absolute atomic E-state index is 12.7. The molecule has 200 valence electrons. The predicted molar refractivity (Wildman–Crippen MR) is 152 cm³/mol. The number of rotatable bonds is 4. The van der Waals surface area contributed by atoms with Gasteiger partial charge in [-0.05, 0) is 36.2 Å². The Bertz CT molecular complexity index is 766. The van der Waals surface area contributed by atoms with E-state index in [1.54, 1.807) is 0 Å². The number of para-hydroxylation sites is 1. The molecule has 36 heavy (non-hydrogen) atoms. The SMILES string of the molecule is CC.CC.CC.CC.O=C(NC1CCCC1)C1=NN(c2ccccc2)C(c2ccccc2)[CH-]1.[CH3-].[V].[Y]. The average molecular weight is 608 g/mol. The minimum absolute atomic E-state index is 0. The average Bonchev–Trinajstić information content (AvgIpc) is 3.60. The van der Waals surface area contributed by atoms with Gasteiger partial charge in [0.2, 0.25) is 0 Å². The van der Waals surface area contributed by atoms with Crippen molar-refractivity contribution >= 4 is 17.3 Å². The third-order valence-corrected chi connectivity index (χ3v) is 4.88. The van der Waals surface area contributed by atoms with Crippen molar-refractivity contribution in [2.24, 2.45) is 5.10 Å².